The van der Waals surface area contributed by atoms with Gasteiger partial charge >= 0.3 is 0 Å². The zero-order chi connectivity index (χ0) is 10.6. The second kappa shape index (κ2) is 4.86. The van der Waals surface area contributed by atoms with Crippen LogP contribution in [-0.4, -0.2) is 12.0 Å². The van der Waals surface area contributed by atoms with E-state index in [1.165, 1.54) is 0 Å². The molecule has 0 saturated carbocycles. The van der Waals surface area contributed by atoms with Crippen molar-refractivity contribution in [2.45, 2.75) is 18.9 Å². The van der Waals surface area contributed by atoms with Gasteiger partial charge in [-0.1, -0.05) is 18.2 Å². The molecule has 0 aliphatic rings. The Labute approximate surface area is 87.8 Å². The van der Waals surface area contributed by atoms with Gasteiger partial charge in [0.1, 0.15) is 5.75 Å². The van der Waals surface area contributed by atoms with Gasteiger partial charge in [0.2, 0.25) is 0 Å². The molecule has 3 nitrogen and oxygen atoms in total. The molecule has 14 heavy (non-hydrogen) atoms. The van der Waals surface area contributed by atoms with E-state index in [1.807, 2.05) is 18.2 Å². The first-order valence-corrected chi connectivity index (χ1v) is 4.78. The van der Waals surface area contributed by atoms with Gasteiger partial charge < -0.3 is 10.5 Å². The quantitative estimate of drug-likeness (QED) is 0.774. The van der Waals surface area contributed by atoms with E-state index in [0.717, 1.165) is 5.56 Å². The number of nitrogens with two attached hydrogens (primary N) is 1. The number of hydrogen-bond acceptors (Lipinski definition) is 2. The Bertz CT molecular complexity index is 328. The first-order chi connectivity index (χ1) is 6.65. The molecule has 1 aromatic carbocycles. The molecule has 0 aliphatic carbocycles. The number of carbonyl (C=O) groups excluding carboxylic acids is 1. The Morgan fingerprint density at radius 1 is 1.57 bits per heavy atom. The van der Waals surface area contributed by atoms with Crippen molar-refractivity contribution in [3.63, 3.8) is 0 Å². The van der Waals surface area contributed by atoms with Gasteiger partial charge in [-0.2, -0.15) is 0 Å². The number of alkyl halides is 1. The van der Waals surface area contributed by atoms with Crippen LogP contribution in [0.2, 0.25) is 0 Å². The molecule has 2 N–H and O–H groups in total. The predicted molar refractivity (Wildman–Crippen MR) is 55.3 cm³/mol. The zero-order valence-corrected chi connectivity index (χ0v) is 8.62. The maximum atomic E-state index is 10.8. The average molecular weight is 214 g/mol. The van der Waals surface area contributed by atoms with Gasteiger partial charge in [-0.15, -0.1) is 11.6 Å². The molecule has 76 valence electrons. The minimum atomic E-state index is -0.639. The van der Waals surface area contributed by atoms with Gasteiger partial charge in [0.15, 0.2) is 6.10 Å². The second-order valence-electron chi connectivity index (χ2n) is 2.90. The highest BCUT2D eigenvalue weighted by molar-refractivity contribution is 6.17. The van der Waals surface area contributed by atoms with Crippen molar-refractivity contribution >= 4 is 17.5 Å². The van der Waals surface area contributed by atoms with Crippen molar-refractivity contribution in [2.75, 3.05) is 0 Å². The lowest BCUT2D eigenvalue weighted by molar-refractivity contribution is -0.123. The SMILES string of the molecule is CC(Oc1ccccc1CCl)C(N)=O. The lowest BCUT2D eigenvalue weighted by Crippen LogP contribution is -2.30. The Morgan fingerprint density at radius 3 is 2.79 bits per heavy atom. The highest BCUT2D eigenvalue weighted by Crippen LogP contribution is 2.20. The fourth-order valence-corrected chi connectivity index (χ4v) is 1.20. The van der Waals surface area contributed by atoms with Crippen molar-refractivity contribution in [3.05, 3.63) is 29.8 Å². The van der Waals surface area contributed by atoms with Gasteiger partial charge in [-0.25, -0.2) is 0 Å². The van der Waals surface area contributed by atoms with Crippen LogP contribution in [0, 0.1) is 0 Å². The third kappa shape index (κ3) is 2.64. The maximum Gasteiger partial charge on any atom is 0.258 e. The van der Waals surface area contributed by atoms with Crippen molar-refractivity contribution in [1.29, 1.82) is 0 Å². The normalized spacial score (nSPS) is 12.1. The standard InChI is InChI=1S/C10H12ClNO2/c1-7(10(12)13)14-9-5-3-2-4-8(9)6-11/h2-5,7H,6H2,1H3,(H2,12,13). The van der Waals surface area contributed by atoms with Crippen LogP contribution < -0.4 is 10.5 Å². The van der Waals surface area contributed by atoms with Crippen molar-refractivity contribution < 1.29 is 9.53 Å². The zero-order valence-electron chi connectivity index (χ0n) is 7.87. The van der Waals surface area contributed by atoms with Gasteiger partial charge in [0.05, 0.1) is 5.88 Å². The molecule has 1 aromatic rings. The van der Waals surface area contributed by atoms with Crippen molar-refractivity contribution in [3.8, 4) is 5.75 Å². The fourth-order valence-electron chi connectivity index (χ4n) is 0.978. The summed E-state index contributed by atoms with van der Waals surface area (Å²) in [7, 11) is 0. The Balaban J connectivity index is 2.80. The van der Waals surface area contributed by atoms with Crippen LogP contribution in [0.1, 0.15) is 12.5 Å². The Hall–Kier alpha value is -1.22. The number of hydrogen-bond donors (Lipinski definition) is 1. The second-order valence-corrected chi connectivity index (χ2v) is 3.17. The fraction of sp³-hybridized carbons (Fsp3) is 0.300. The summed E-state index contributed by atoms with van der Waals surface area (Å²) in [5.41, 5.74) is 5.93. The van der Waals surface area contributed by atoms with Crippen LogP contribution in [0.25, 0.3) is 0 Å². The van der Waals surface area contributed by atoms with Crippen molar-refractivity contribution in [2.24, 2.45) is 5.73 Å². The lowest BCUT2D eigenvalue weighted by atomic mass is 10.2. The summed E-state index contributed by atoms with van der Waals surface area (Å²) in [5.74, 6) is 0.463. The molecule has 0 spiro atoms. The number of benzene rings is 1. The van der Waals surface area contributed by atoms with Gasteiger partial charge in [0, 0.05) is 5.56 Å². The number of amides is 1. The van der Waals surface area contributed by atoms with Crippen LogP contribution in [0.3, 0.4) is 0 Å². The average Bonchev–Trinajstić information content (AvgIpc) is 2.18. The molecule has 1 rings (SSSR count). The number of primary amides is 1. The first-order valence-electron chi connectivity index (χ1n) is 4.25. The van der Waals surface area contributed by atoms with Crippen molar-refractivity contribution in [1.82, 2.24) is 0 Å². The minimum absolute atomic E-state index is 0.349. The summed E-state index contributed by atoms with van der Waals surface area (Å²) in [5, 5.41) is 0. The summed E-state index contributed by atoms with van der Waals surface area (Å²) in [6, 6.07) is 7.28. The van der Waals surface area contributed by atoms with Gasteiger partial charge in [0.25, 0.3) is 5.91 Å². The van der Waals surface area contributed by atoms with E-state index < -0.39 is 12.0 Å². The van der Waals surface area contributed by atoms with Crippen LogP contribution in [0.15, 0.2) is 24.3 Å². The molecule has 0 heterocycles. The minimum Gasteiger partial charge on any atom is -0.481 e. The topological polar surface area (TPSA) is 52.3 Å². The Morgan fingerprint density at radius 2 is 2.21 bits per heavy atom. The smallest absolute Gasteiger partial charge is 0.258 e. The summed E-state index contributed by atoms with van der Waals surface area (Å²) >= 11 is 5.70. The van der Waals surface area contributed by atoms with E-state index in [4.69, 9.17) is 22.1 Å². The van der Waals surface area contributed by atoms with Gasteiger partial charge in [-0.3, -0.25) is 4.79 Å². The van der Waals surface area contributed by atoms with Crippen LogP contribution in [0.4, 0.5) is 0 Å². The highest BCUT2D eigenvalue weighted by atomic mass is 35.5. The first kappa shape index (κ1) is 10.9. The molecule has 1 atom stereocenters. The molecule has 0 aromatic heterocycles. The molecular formula is C10H12ClNO2. The summed E-state index contributed by atoms with van der Waals surface area (Å²) in [6.45, 7) is 1.60. The molecule has 0 saturated heterocycles. The molecule has 0 bridgehead atoms. The maximum absolute atomic E-state index is 10.8. The van der Waals surface area contributed by atoms with E-state index >= 15 is 0 Å². The largest absolute Gasteiger partial charge is 0.481 e. The third-order valence-corrected chi connectivity index (χ3v) is 2.11. The number of halogens is 1. The number of carbonyl (C=O) groups is 1. The molecule has 0 aliphatic heterocycles. The number of ether oxygens (including phenoxy) is 1. The van der Waals surface area contributed by atoms with E-state index in [0.29, 0.717) is 11.6 Å². The van der Waals surface area contributed by atoms with E-state index in [9.17, 15) is 4.79 Å². The molecule has 4 heteroatoms. The van der Waals surface area contributed by atoms with Crippen LogP contribution >= 0.6 is 11.6 Å². The van der Waals surface area contributed by atoms with E-state index in [1.54, 1.807) is 13.0 Å². The van der Waals surface area contributed by atoms with Gasteiger partial charge in [-0.05, 0) is 13.0 Å². The molecule has 1 amide bonds. The predicted octanol–water partition coefficient (Wildman–Crippen LogP) is 1.68. The molecule has 0 fully saturated rings. The summed E-state index contributed by atoms with van der Waals surface area (Å²) in [4.78, 5) is 10.8. The number of rotatable bonds is 4. The monoisotopic (exact) mass is 213 g/mol. The van der Waals surface area contributed by atoms with Crippen LogP contribution in [0.5, 0.6) is 5.75 Å². The van der Waals surface area contributed by atoms with E-state index in [-0.39, 0.29) is 0 Å². The lowest BCUT2D eigenvalue weighted by Gasteiger charge is -2.13. The summed E-state index contributed by atoms with van der Waals surface area (Å²) in [6.07, 6.45) is -0.639. The van der Waals surface area contributed by atoms with Crippen LogP contribution in [-0.2, 0) is 10.7 Å². The van der Waals surface area contributed by atoms with E-state index in [2.05, 4.69) is 0 Å². The molecule has 0 radical (unpaired) electrons. The molecular weight excluding hydrogens is 202 g/mol. The molecule has 1 unspecified atom stereocenters. The highest BCUT2D eigenvalue weighted by Gasteiger charge is 2.11. The Kier molecular flexibility index (Phi) is 3.77. The third-order valence-electron chi connectivity index (χ3n) is 1.82. The summed E-state index contributed by atoms with van der Waals surface area (Å²) < 4.78 is 5.34. The number of para-hydroxylation sites is 1.